The number of carbonyl (C=O) groups is 6. The summed E-state index contributed by atoms with van der Waals surface area (Å²) in [6.45, 7) is 0.414. The summed E-state index contributed by atoms with van der Waals surface area (Å²) in [7, 11) is 2.25. The van der Waals surface area contributed by atoms with Crippen molar-refractivity contribution in [3.05, 3.63) is 0 Å². The van der Waals surface area contributed by atoms with Crippen LogP contribution in [0, 0.1) is 0 Å². The molecule has 218 valence electrons. The lowest BCUT2D eigenvalue weighted by atomic mass is 10.1. The van der Waals surface area contributed by atoms with E-state index in [0.717, 1.165) is 21.6 Å². The van der Waals surface area contributed by atoms with Crippen molar-refractivity contribution in [3.8, 4) is 0 Å². The fraction of sp³-hybridized carbons (Fsp3) is 0.667. The molecule has 0 aromatic rings. The Morgan fingerprint density at radius 1 is 1.10 bits per heavy atom. The van der Waals surface area contributed by atoms with Crippen molar-refractivity contribution in [1.82, 2.24) is 20.9 Å². The second-order valence-electron chi connectivity index (χ2n) is 9.00. The maximum absolute atomic E-state index is 13.3. The molecule has 0 aromatic carbocycles. The maximum Gasteiger partial charge on any atom is 0.305 e. The number of primary amides is 1. The van der Waals surface area contributed by atoms with E-state index < -0.39 is 72.1 Å². The molecule has 5 amide bonds. The van der Waals surface area contributed by atoms with Gasteiger partial charge in [0.05, 0.1) is 12.5 Å². The van der Waals surface area contributed by atoms with Gasteiger partial charge in [0.25, 0.3) is 0 Å². The topological polar surface area (TPSA) is 278 Å². The number of nitrogens with zero attached hydrogens (tertiary/aromatic N) is 2. The summed E-state index contributed by atoms with van der Waals surface area (Å²) in [6.07, 6.45) is 0.628. The van der Waals surface area contributed by atoms with Crippen LogP contribution in [0.25, 0.3) is 0 Å². The number of carboxylic acids is 1. The first-order valence-corrected chi connectivity index (χ1v) is 14.7. The monoisotopic (exact) mass is 589 g/mol. The molecule has 0 bridgehead atoms. The molecule has 16 nitrogen and oxygen atoms in total. The molecule has 39 heavy (non-hydrogen) atoms. The number of carbonyl (C=O) groups excluding carboxylic acids is 5. The minimum absolute atomic E-state index is 0.0251. The maximum atomic E-state index is 13.3. The number of hydrogen-bond acceptors (Lipinski definition) is 10. The van der Waals surface area contributed by atoms with Gasteiger partial charge in [0.2, 0.25) is 29.5 Å². The molecule has 2 saturated heterocycles. The molecule has 0 unspecified atom stereocenters. The van der Waals surface area contributed by atoms with Gasteiger partial charge in [-0.05, 0) is 25.7 Å². The van der Waals surface area contributed by atoms with Crippen LogP contribution < -0.4 is 38.9 Å². The van der Waals surface area contributed by atoms with Gasteiger partial charge in [-0.1, -0.05) is 21.6 Å². The molecule has 5 atom stereocenters. The van der Waals surface area contributed by atoms with E-state index in [1.807, 2.05) is 0 Å². The van der Waals surface area contributed by atoms with Crippen LogP contribution >= 0.6 is 21.6 Å². The molecule has 0 radical (unpaired) electrons. The standard InChI is InChI=1S/C21H35N9O7S2/c22-10(3-1-5-26-21(24)25)17(34)29-13-9-39-38-8-12(16(23)33)28-19(36)14-4-2-6-30(14)20(37)11(7-15(31)32)27-18(13)35/h10-14H,1-9,22H2,(H2,23,33)(H,27,35)(H,28,36)(H,29,34)(H,31,32)(H4,24,25,26)/t10-,11-,12-,13-,14-/m0/s1. The lowest BCUT2D eigenvalue weighted by Gasteiger charge is -2.30. The van der Waals surface area contributed by atoms with Crippen molar-refractivity contribution in [2.45, 2.75) is 62.3 Å². The number of nitrogens with one attached hydrogen (secondary N) is 3. The van der Waals surface area contributed by atoms with Crippen molar-refractivity contribution >= 4 is 63.1 Å². The zero-order valence-corrected chi connectivity index (χ0v) is 22.8. The Hall–Kier alpha value is -3.25. The van der Waals surface area contributed by atoms with E-state index in [1.165, 1.54) is 4.90 Å². The molecule has 0 aliphatic carbocycles. The highest BCUT2D eigenvalue weighted by Gasteiger charge is 2.40. The van der Waals surface area contributed by atoms with Crippen molar-refractivity contribution in [1.29, 1.82) is 0 Å². The second kappa shape index (κ2) is 15.4. The summed E-state index contributed by atoms with van der Waals surface area (Å²) in [5, 5.41) is 16.9. The van der Waals surface area contributed by atoms with Crippen molar-refractivity contribution in [2.75, 3.05) is 24.6 Å². The average molecular weight is 590 g/mol. The van der Waals surface area contributed by atoms with E-state index in [-0.39, 0.29) is 37.0 Å². The number of amides is 5. The first-order valence-electron chi connectivity index (χ1n) is 12.2. The number of rotatable bonds is 9. The lowest BCUT2D eigenvalue weighted by Crippen LogP contribution is -2.59. The average Bonchev–Trinajstić information content (AvgIpc) is 3.35. The molecule has 18 heteroatoms. The van der Waals surface area contributed by atoms with E-state index in [9.17, 15) is 33.9 Å². The zero-order valence-electron chi connectivity index (χ0n) is 21.2. The fourth-order valence-electron chi connectivity index (χ4n) is 3.96. The van der Waals surface area contributed by atoms with Crippen LogP contribution in [0.2, 0.25) is 0 Å². The molecular formula is C21H35N9O7S2. The van der Waals surface area contributed by atoms with Crippen molar-refractivity contribution < 1.29 is 33.9 Å². The van der Waals surface area contributed by atoms with Crippen LogP contribution in [0.15, 0.2) is 4.99 Å². The Labute approximate surface area is 232 Å². The van der Waals surface area contributed by atoms with Crippen LogP contribution in [0.5, 0.6) is 0 Å². The van der Waals surface area contributed by atoms with Crippen LogP contribution in [0.4, 0.5) is 0 Å². The van der Waals surface area contributed by atoms with Crippen molar-refractivity contribution in [3.63, 3.8) is 0 Å². The quantitative estimate of drug-likeness (QED) is 0.0556. The summed E-state index contributed by atoms with van der Waals surface area (Å²) in [6, 6.07) is -5.69. The molecule has 0 aromatic heterocycles. The van der Waals surface area contributed by atoms with E-state index in [2.05, 4.69) is 20.9 Å². The highest BCUT2D eigenvalue weighted by atomic mass is 33.1. The molecule has 2 aliphatic rings. The number of aliphatic imine (C=N–C) groups is 1. The van der Waals surface area contributed by atoms with Gasteiger partial charge in [-0.2, -0.15) is 0 Å². The predicted molar refractivity (Wildman–Crippen MR) is 145 cm³/mol. The van der Waals surface area contributed by atoms with Gasteiger partial charge < -0.3 is 48.9 Å². The normalized spacial score (nSPS) is 25.4. The highest BCUT2D eigenvalue weighted by Crippen LogP contribution is 2.25. The minimum atomic E-state index is -1.50. The van der Waals surface area contributed by atoms with E-state index in [0.29, 0.717) is 19.3 Å². The first-order chi connectivity index (χ1) is 18.4. The van der Waals surface area contributed by atoms with Gasteiger partial charge in [0, 0.05) is 24.6 Å². The first kappa shape index (κ1) is 32.0. The van der Waals surface area contributed by atoms with Crippen LogP contribution in [-0.2, 0) is 28.8 Å². The summed E-state index contributed by atoms with van der Waals surface area (Å²) >= 11 is 0. The number of fused-ring (bicyclic) bond motifs is 1. The highest BCUT2D eigenvalue weighted by molar-refractivity contribution is 8.76. The van der Waals surface area contributed by atoms with Crippen molar-refractivity contribution in [2.24, 2.45) is 27.9 Å². The molecule has 2 aliphatic heterocycles. The van der Waals surface area contributed by atoms with Gasteiger partial charge in [-0.25, -0.2) is 0 Å². The molecule has 2 rings (SSSR count). The Kier molecular flexibility index (Phi) is 12.6. The van der Waals surface area contributed by atoms with Crippen LogP contribution in [0.1, 0.15) is 32.1 Å². The zero-order chi connectivity index (χ0) is 29.1. The predicted octanol–water partition coefficient (Wildman–Crippen LogP) is -3.83. The summed E-state index contributed by atoms with van der Waals surface area (Å²) in [5.41, 5.74) is 21.9. The molecule has 0 spiro atoms. The number of aliphatic carboxylic acids is 1. The number of guanidine groups is 1. The van der Waals surface area contributed by atoms with Gasteiger partial charge in [-0.15, -0.1) is 0 Å². The summed E-state index contributed by atoms with van der Waals surface area (Å²) < 4.78 is 0. The molecular weight excluding hydrogens is 554 g/mol. The molecule has 2 heterocycles. The van der Waals surface area contributed by atoms with Gasteiger partial charge in [0.15, 0.2) is 5.96 Å². The number of carboxylic acid groups (broad SMARTS) is 1. The van der Waals surface area contributed by atoms with Gasteiger partial charge >= 0.3 is 5.97 Å². The second-order valence-corrected chi connectivity index (χ2v) is 11.6. The Morgan fingerprint density at radius 3 is 2.44 bits per heavy atom. The van der Waals surface area contributed by atoms with Crippen LogP contribution in [0.3, 0.4) is 0 Å². The lowest BCUT2D eigenvalue weighted by molar-refractivity contribution is -0.146. The summed E-state index contributed by atoms with van der Waals surface area (Å²) in [4.78, 5) is 80.5. The fourth-order valence-corrected chi connectivity index (χ4v) is 6.30. The third kappa shape index (κ3) is 10.1. The Morgan fingerprint density at radius 2 is 1.79 bits per heavy atom. The molecule has 0 saturated carbocycles. The van der Waals surface area contributed by atoms with Gasteiger partial charge in [-0.3, -0.25) is 33.8 Å². The smallest absolute Gasteiger partial charge is 0.305 e. The van der Waals surface area contributed by atoms with E-state index in [1.54, 1.807) is 0 Å². The molecule has 12 N–H and O–H groups in total. The number of hydrogen-bond donors (Lipinski definition) is 8. The largest absolute Gasteiger partial charge is 0.481 e. The third-order valence-electron chi connectivity index (χ3n) is 5.98. The number of nitrogens with two attached hydrogens (primary N) is 4. The molecule has 2 fully saturated rings. The van der Waals surface area contributed by atoms with E-state index in [4.69, 9.17) is 22.9 Å². The third-order valence-corrected chi connectivity index (χ3v) is 8.40. The Balaban J connectivity index is 2.25. The van der Waals surface area contributed by atoms with Crippen LogP contribution in [-0.4, -0.2) is 106 Å². The minimum Gasteiger partial charge on any atom is -0.481 e. The SMILES string of the molecule is NC(=O)[C@@H]1CSSC[C@H](NC(=O)[C@@H](N)CCCN=C(N)N)C(=O)N[C@@H](CC(=O)O)C(=O)N2CCC[C@H]2C(=O)N1. The van der Waals surface area contributed by atoms with Gasteiger partial charge in [0.1, 0.15) is 24.2 Å². The summed E-state index contributed by atoms with van der Waals surface area (Å²) in [5.74, 6) is -4.98. The van der Waals surface area contributed by atoms with E-state index >= 15 is 0 Å². The Bertz CT molecular complexity index is 979.